The quantitative estimate of drug-likeness (QED) is 0.186. The molecule has 0 aromatic heterocycles. The van der Waals surface area contributed by atoms with Crippen molar-refractivity contribution >= 4 is 86.2 Å². The average molecular weight is 529 g/mol. The molecule has 0 amide bonds. The van der Waals surface area contributed by atoms with E-state index in [0.717, 1.165) is 0 Å². The molecule has 0 bridgehead atoms. The van der Waals surface area contributed by atoms with E-state index in [1.165, 1.54) is 97.3 Å². The third kappa shape index (κ3) is 2.81. The fourth-order valence-corrected chi connectivity index (χ4v) is 7.78. The van der Waals surface area contributed by atoms with Crippen LogP contribution >= 0.6 is 0 Å². The van der Waals surface area contributed by atoms with Crippen molar-refractivity contribution < 1.29 is 0 Å². The maximum Gasteiger partial charge on any atom is -0.00139 e. The third-order valence-corrected chi connectivity index (χ3v) is 9.55. The second kappa shape index (κ2) is 8.06. The van der Waals surface area contributed by atoms with Crippen LogP contribution in [0.3, 0.4) is 0 Å². The van der Waals surface area contributed by atoms with Gasteiger partial charge in [-0.2, -0.15) is 0 Å². The van der Waals surface area contributed by atoms with Gasteiger partial charge in [-0.05, 0) is 103 Å². The van der Waals surface area contributed by atoms with Crippen LogP contribution in [0.4, 0.5) is 0 Å². The van der Waals surface area contributed by atoms with Gasteiger partial charge in [0.15, 0.2) is 0 Å². The van der Waals surface area contributed by atoms with E-state index in [2.05, 4.69) is 146 Å². The molecule has 192 valence electrons. The lowest BCUT2D eigenvalue weighted by atomic mass is 9.85. The first-order valence-corrected chi connectivity index (χ1v) is 14.7. The lowest BCUT2D eigenvalue weighted by molar-refractivity contribution is 1.71. The Balaban J connectivity index is 1.38. The van der Waals surface area contributed by atoms with E-state index < -0.39 is 0 Å². The number of benzene rings is 10. The molecule has 0 aliphatic rings. The highest BCUT2D eigenvalue weighted by Gasteiger charge is 2.17. The predicted octanol–water partition coefficient (Wildman–Crippen LogP) is 12.0. The first-order valence-electron chi connectivity index (χ1n) is 14.7. The van der Waals surface area contributed by atoms with Gasteiger partial charge < -0.3 is 0 Å². The van der Waals surface area contributed by atoms with Gasteiger partial charge in [0.05, 0.1) is 0 Å². The van der Waals surface area contributed by atoms with Crippen LogP contribution in [0.1, 0.15) is 0 Å². The Morgan fingerprint density at radius 1 is 0.238 bits per heavy atom. The molecule has 0 heteroatoms. The Morgan fingerprint density at radius 3 is 1.31 bits per heavy atom. The molecule has 0 N–H and O–H groups in total. The van der Waals surface area contributed by atoms with Crippen molar-refractivity contribution in [3.05, 3.63) is 146 Å². The monoisotopic (exact) mass is 528 g/mol. The van der Waals surface area contributed by atoms with Crippen molar-refractivity contribution in [1.29, 1.82) is 0 Å². The molecule has 0 nitrogen and oxygen atoms in total. The summed E-state index contributed by atoms with van der Waals surface area (Å²) in [5.74, 6) is 0. The summed E-state index contributed by atoms with van der Waals surface area (Å²) in [7, 11) is 0. The molecule has 0 saturated carbocycles. The summed E-state index contributed by atoms with van der Waals surface area (Å²) in [5, 5.41) is 21.2. The Morgan fingerprint density at radius 2 is 0.690 bits per heavy atom. The van der Waals surface area contributed by atoms with Crippen molar-refractivity contribution in [1.82, 2.24) is 0 Å². The standard InChI is InChI=1S/C42H24/c1-4-13-33-30(10-1)31-11-2-5-14-34(31)42-37-23-20-28(24-38(37)32-12-3-6-15-35(32)41(33)42)29-21-18-27-17-16-25-8-7-9-26-19-22-36(29)40(27)39(25)26/h1-24H. The lowest BCUT2D eigenvalue weighted by Gasteiger charge is -2.18. The molecule has 10 aromatic rings. The van der Waals surface area contributed by atoms with Crippen LogP contribution in [0.25, 0.3) is 97.3 Å². The highest BCUT2D eigenvalue weighted by atomic mass is 14.2. The zero-order valence-corrected chi connectivity index (χ0v) is 22.9. The molecule has 0 radical (unpaired) electrons. The Bertz CT molecular complexity index is 2710. The highest BCUT2D eigenvalue weighted by molar-refractivity contribution is 6.39. The van der Waals surface area contributed by atoms with Gasteiger partial charge in [0.2, 0.25) is 0 Å². The zero-order valence-electron chi connectivity index (χ0n) is 22.9. The highest BCUT2D eigenvalue weighted by Crippen LogP contribution is 2.45. The first kappa shape index (κ1) is 22.3. The minimum absolute atomic E-state index is 1.26. The van der Waals surface area contributed by atoms with E-state index in [9.17, 15) is 0 Å². The van der Waals surface area contributed by atoms with Gasteiger partial charge in [-0.15, -0.1) is 0 Å². The van der Waals surface area contributed by atoms with Crippen molar-refractivity contribution in [3.8, 4) is 11.1 Å². The van der Waals surface area contributed by atoms with E-state index in [0.29, 0.717) is 0 Å². The number of hydrogen-bond acceptors (Lipinski definition) is 0. The van der Waals surface area contributed by atoms with Crippen LogP contribution < -0.4 is 0 Å². The van der Waals surface area contributed by atoms with Crippen LogP contribution in [-0.4, -0.2) is 0 Å². The summed E-state index contributed by atoms with van der Waals surface area (Å²) < 4.78 is 0. The van der Waals surface area contributed by atoms with Gasteiger partial charge in [0.1, 0.15) is 0 Å². The molecule has 42 heavy (non-hydrogen) atoms. The van der Waals surface area contributed by atoms with Crippen LogP contribution in [0.15, 0.2) is 146 Å². The van der Waals surface area contributed by atoms with E-state index in [-0.39, 0.29) is 0 Å². The molecular formula is C42H24. The van der Waals surface area contributed by atoms with Crippen LogP contribution in [0.2, 0.25) is 0 Å². The van der Waals surface area contributed by atoms with E-state index >= 15 is 0 Å². The van der Waals surface area contributed by atoms with E-state index in [1.807, 2.05) is 0 Å². The molecule has 10 aromatic carbocycles. The maximum atomic E-state index is 2.44. The Hall–Kier alpha value is -5.46. The molecule has 0 spiro atoms. The number of fused-ring (bicyclic) bond motifs is 11. The topological polar surface area (TPSA) is 0 Å². The second-order valence-electron chi connectivity index (χ2n) is 11.6. The molecular weight excluding hydrogens is 504 g/mol. The lowest BCUT2D eigenvalue weighted by Crippen LogP contribution is -1.90. The Labute approximate surface area is 242 Å². The van der Waals surface area contributed by atoms with Gasteiger partial charge in [0.25, 0.3) is 0 Å². The molecule has 0 aliphatic heterocycles. The minimum Gasteiger partial charge on any atom is -0.0616 e. The molecule has 0 aliphatic carbocycles. The number of rotatable bonds is 1. The summed E-state index contributed by atoms with van der Waals surface area (Å²) in [4.78, 5) is 0. The fourth-order valence-electron chi connectivity index (χ4n) is 7.78. The third-order valence-electron chi connectivity index (χ3n) is 9.55. The largest absolute Gasteiger partial charge is 0.0616 e. The molecule has 0 unspecified atom stereocenters. The molecule has 0 heterocycles. The van der Waals surface area contributed by atoms with Gasteiger partial charge >= 0.3 is 0 Å². The fraction of sp³-hybridized carbons (Fsp3) is 0. The molecule has 0 atom stereocenters. The summed E-state index contributed by atoms with van der Waals surface area (Å²) >= 11 is 0. The summed E-state index contributed by atoms with van der Waals surface area (Å²) in [5.41, 5.74) is 2.55. The molecule has 0 saturated heterocycles. The zero-order chi connectivity index (χ0) is 27.4. The van der Waals surface area contributed by atoms with Crippen molar-refractivity contribution in [3.63, 3.8) is 0 Å². The van der Waals surface area contributed by atoms with Crippen molar-refractivity contribution in [2.75, 3.05) is 0 Å². The normalized spacial score (nSPS) is 12.3. The molecule has 0 fully saturated rings. The average Bonchev–Trinajstić information content (AvgIpc) is 3.06. The minimum atomic E-state index is 1.26. The summed E-state index contributed by atoms with van der Waals surface area (Å²) in [6.45, 7) is 0. The predicted molar refractivity (Wildman–Crippen MR) is 183 cm³/mol. The number of hydrogen-bond donors (Lipinski definition) is 0. The van der Waals surface area contributed by atoms with Gasteiger partial charge in [-0.25, -0.2) is 0 Å². The summed E-state index contributed by atoms with van der Waals surface area (Å²) in [6.07, 6.45) is 0. The van der Waals surface area contributed by atoms with Crippen molar-refractivity contribution in [2.45, 2.75) is 0 Å². The van der Waals surface area contributed by atoms with Crippen LogP contribution in [0, 0.1) is 0 Å². The van der Waals surface area contributed by atoms with E-state index in [4.69, 9.17) is 0 Å². The van der Waals surface area contributed by atoms with Gasteiger partial charge in [-0.3, -0.25) is 0 Å². The van der Waals surface area contributed by atoms with Crippen molar-refractivity contribution in [2.24, 2.45) is 0 Å². The van der Waals surface area contributed by atoms with Gasteiger partial charge in [-0.1, -0.05) is 140 Å². The first-order chi connectivity index (χ1) is 20.8. The second-order valence-corrected chi connectivity index (χ2v) is 11.6. The van der Waals surface area contributed by atoms with E-state index in [1.54, 1.807) is 0 Å². The Kier molecular flexibility index (Phi) is 4.27. The summed E-state index contributed by atoms with van der Waals surface area (Å²) in [6, 6.07) is 54.3. The smallest absolute Gasteiger partial charge is 0.00139 e. The molecule has 10 rings (SSSR count). The van der Waals surface area contributed by atoms with Crippen LogP contribution in [-0.2, 0) is 0 Å². The van der Waals surface area contributed by atoms with Crippen LogP contribution in [0.5, 0.6) is 0 Å². The maximum absolute atomic E-state index is 2.44. The SMILES string of the molecule is c1cc2ccc3ccc(-c4ccc5c(c4)c4ccccc4c4c6ccccc6c6ccccc6c54)c4ccc(c1)c2c34. The van der Waals surface area contributed by atoms with Gasteiger partial charge in [0, 0.05) is 0 Å².